The normalized spacial score (nSPS) is 17.1. The zero-order chi connectivity index (χ0) is 15.4. The van der Waals surface area contributed by atoms with Gasteiger partial charge in [-0.15, -0.1) is 0 Å². The summed E-state index contributed by atoms with van der Waals surface area (Å²) in [6.45, 7) is 1.86. The predicted molar refractivity (Wildman–Crippen MR) is 86.2 cm³/mol. The van der Waals surface area contributed by atoms with Gasteiger partial charge in [-0.05, 0) is 30.7 Å². The second kappa shape index (κ2) is 6.35. The third-order valence-electron chi connectivity index (χ3n) is 3.83. The lowest BCUT2D eigenvalue weighted by molar-refractivity contribution is 0.415. The smallest absolute Gasteiger partial charge is 0.142 e. The topological polar surface area (TPSA) is 61.2 Å². The van der Waals surface area contributed by atoms with Crippen molar-refractivity contribution in [2.24, 2.45) is 0 Å². The van der Waals surface area contributed by atoms with Crippen LogP contribution in [0, 0.1) is 11.3 Å². The molecule has 0 radical (unpaired) electrons. The summed E-state index contributed by atoms with van der Waals surface area (Å²) in [7, 11) is 1.70. The van der Waals surface area contributed by atoms with E-state index in [0.717, 1.165) is 36.8 Å². The van der Waals surface area contributed by atoms with Gasteiger partial charge in [0.15, 0.2) is 0 Å². The van der Waals surface area contributed by atoms with Crippen molar-refractivity contribution in [3.63, 3.8) is 0 Å². The Bertz CT molecular complexity index is 695. The summed E-state index contributed by atoms with van der Waals surface area (Å²) < 4.78 is 5.43. The zero-order valence-electron chi connectivity index (χ0n) is 12.5. The van der Waals surface area contributed by atoms with Crippen LogP contribution in [0.5, 0.6) is 5.75 Å². The van der Waals surface area contributed by atoms with E-state index >= 15 is 0 Å². The highest BCUT2D eigenvalue weighted by molar-refractivity contribution is 5.59. The van der Waals surface area contributed by atoms with Crippen molar-refractivity contribution < 1.29 is 4.74 Å². The SMILES string of the molecule is COc1ccccc1N1CCC(Nc2cccc(C#N)n2)C1. The van der Waals surface area contributed by atoms with Gasteiger partial charge in [-0.2, -0.15) is 5.26 Å². The quantitative estimate of drug-likeness (QED) is 0.939. The van der Waals surface area contributed by atoms with Gasteiger partial charge in [0.2, 0.25) is 0 Å². The number of hydrogen-bond donors (Lipinski definition) is 1. The second-order valence-electron chi connectivity index (χ2n) is 5.27. The van der Waals surface area contributed by atoms with Crippen molar-refractivity contribution in [3.8, 4) is 11.8 Å². The molecule has 1 unspecified atom stereocenters. The molecule has 112 valence electrons. The van der Waals surface area contributed by atoms with E-state index in [1.54, 1.807) is 13.2 Å². The molecule has 3 rings (SSSR count). The molecule has 22 heavy (non-hydrogen) atoms. The number of ether oxygens (including phenoxy) is 1. The molecule has 1 aliphatic heterocycles. The highest BCUT2D eigenvalue weighted by Crippen LogP contribution is 2.30. The fourth-order valence-corrected chi connectivity index (χ4v) is 2.77. The van der Waals surface area contributed by atoms with E-state index < -0.39 is 0 Å². The van der Waals surface area contributed by atoms with Crippen LogP contribution in [0.2, 0.25) is 0 Å². The van der Waals surface area contributed by atoms with Crippen LogP contribution >= 0.6 is 0 Å². The van der Waals surface area contributed by atoms with Crippen LogP contribution in [0.4, 0.5) is 11.5 Å². The first-order valence-electron chi connectivity index (χ1n) is 7.32. The molecule has 2 heterocycles. The van der Waals surface area contributed by atoms with E-state index in [1.165, 1.54) is 0 Å². The predicted octanol–water partition coefficient (Wildman–Crippen LogP) is 2.65. The van der Waals surface area contributed by atoms with Gasteiger partial charge in [0, 0.05) is 19.1 Å². The number of methoxy groups -OCH3 is 1. The molecule has 1 saturated heterocycles. The average molecular weight is 294 g/mol. The van der Waals surface area contributed by atoms with E-state index in [2.05, 4.69) is 27.3 Å². The molecule has 1 aliphatic rings. The number of aromatic nitrogens is 1. The molecular weight excluding hydrogens is 276 g/mol. The van der Waals surface area contributed by atoms with Crippen molar-refractivity contribution in [3.05, 3.63) is 48.2 Å². The van der Waals surface area contributed by atoms with E-state index in [0.29, 0.717) is 11.7 Å². The molecule has 5 nitrogen and oxygen atoms in total. The van der Waals surface area contributed by atoms with Gasteiger partial charge in [0.25, 0.3) is 0 Å². The van der Waals surface area contributed by atoms with Crippen molar-refractivity contribution in [1.82, 2.24) is 4.98 Å². The van der Waals surface area contributed by atoms with E-state index in [9.17, 15) is 0 Å². The zero-order valence-corrected chi connectivity index (χ0v) is 12.5. The molecule has 0 bridgehead atoms. The maximum Gasteiger partial charge on any atom is 0.142 e. The molecule has 2 aromatic rings. The van der Waals surface area contributed by atoms with Crippen molar-refractivity contribution >= 4 is 11.5 Å². The lowest BCUT2D eigenvalue weighted by atomic mass is 10.2. The Kier molecular flexibility index (Phi) is 4.10. The van der Waals surface area contributed by atoms with Crippen LogP contribution < -0.4 is 15.0 Å². The number of benzene rings is 1. The summed E-state index contributed by atoms with van der Waals surface area (Å²) in [4.78, 5) is 6.58. The number of pyridine rings is 1. The number of para-hydroxylation sites is 2. The first-order chi connectivity index (χ1) is 10.8. The third kappa shape index (κ3) is 2.96. The van der Waals surface area contributed by atoms with Crippen LogP contribution in [0.1, 0.15) is 12.1 Å². The number of nitrogens with one attached hydrogen (secondary N) is 1. The Morgan fingerprint density at radius 2 is 2.14 bits per heavy atom. The Morgan fingerprint density at radius 3 is 2.95 bits per heavy atom. The summed E-state index contributed by atoms with van der Waals surface area (Å²) >= 11 is 0. The summed E-state index contributed by atoms with van der Waals surface area (Å²) in [5.74, 6) is 1.65. The number of nitrogens with zero attached hydrogens (tertiary/aromatic N) is 3. The number of hydrogen-bond acceptors (Lipinski definition) is 5. The first-order valence-corrected chi connectivity index (χ1v) is 7.32. The van der Waals surface area contributed by atoms with Crippen LogP contribution in [0.25, 0.3) is 0 Å². The van der Waals surface area contributed by atoms with Gasteiger partial charge in [0.05, 0.1) is 12.8 Å². The molecule has 0 saturated carbocycles. The largest absolute Gasteiger partial charge is 0.495 e. The van der Waals surface area contributed by atoms with Gasteiger partial charge < -0.3 is 15.0 Å². The highest BCUT2D eigenvalue weighted by Gasteiger charge is 2.24. The second-order valence-corrected chi connectivity index (χ2v) is 5.27. The summed E-state index contributed by atoms with van der Waals surface area (Å²) in [6.07, 6.45) is 1.02. The molecule has 1 atom stereocenters. The van der Waals surface area contributed by atoms with Gasteiger partial charge in [-0.1, -0.05) is 18.2 Å². The lowest BCUT2D eigenvalue weighted by Crippen LogP contribution is -2.26. The number of nitriles is 1. The third-order valence-corrected chi connectivity index (χ3v) is 3.83. The van der Waals surface area contributed by atoms with Gasteiger partial charge >= 0.3 is 0 Å². The molecule has 1 N–H and O–H groups in total. The molecule has 0 amide bonds. The molecule has 1 fully saturated rings. The summed E-state index contributed by atoms with van der Waals surface area (Å²) in [5, 5.41) is 12.3. The monoisotopic (exact) mass is 294 g/mol. The molecule has 0 spiro atoms. The Morgan fingerprint density at radius 1 is 1.27 bits per heavy atom. The molecule has 5 heteroatoms. The molecule has 1 aromatic heterocycles. The van der Waals surface area contributed by atoms with Gasteiger partial charge in [0.1, 0.15) is 23.3 Å². The standard InChI is InChI=1S/C17H18N4O/c1-22-16-7-3-2-6-15(16)21-10-9-14(12-21)20-17-8-4-5-13(11-18)19-17/h2-8,14H,9-10,12H2,1H3,(H,19,20). The Hall–Kier alpha value is -2.74. The van der Waals surface area contributed by atoms with Crippen LogP contribution in [0.15, 0.2) is 42.5 Å². The van der Waals surface area contributed by atoms with E-state index in [-0.39, 0.29) is 0 Å². The highest BCUT2D eigenvalue weighted by atomic mass is 16.5. The van der Waals surface area contributed by atoms with Gasteiger partial charge in [-0.3, -0.25) is 0 Å². The van der Waals surface area contributed by atoms with Gasteiger partial charge in [-0.25, -0.2) is 4.98 Å². The average Bonchev–Trinajstić information content (AvgIpc) is 3.03. The molecular formula is C17H18N4O. The fraction of sp³-hybridized carbons (Fsp3) is 0.294. The summed E-state index contributed by atoms with van der Waals surface area (Å²) in [6, 6.07) is 15.9. The van der Waals surface area contributed by atoms with E-state index in [4.69, 9.17) is 10.00 Å². The van der Waals surface area contributed by atoms with Crippen molar-refractivity contribution in [2.75, 3.05) is 30.4 Å². The van der Waals surface area contributed by atoms with Crippen LogP contribution in [-0.4, -0.2) is 31.2 Å². The Labute approximate surface area is 130 Å². The minimum atomic E-state index is 0.311. The summed E-state index contributed by atoms with van der Waals surface area (Å²) in [5.41, 5.74) is 1.55. The molecule has 1 aromatic carbocycles. The maximum absolute atomic E-state index is 8.91. The van der Waals surface area contributed by atoms with Crippen molar-refractivity contribution in [1.29, 1.82) is 5.26 Å². The van der Waals surface area contributed by atoms with Crippen LogP contribution in [0.3, 0.4) is 0 Å². The van der Waals surface area contributed by atoms with Crippen LogP contribution in [-0.2, 0) is 0 Å². The number of anilines is 2. The first kappa shape index (κ1) is 14.2. The fourth-order valence-electron chi connectivity index (χ4n) is 2.77. The maximum atomic E-state index is 8.91. The minimum absolute atomic E-state index is 0.311. The lowest BCUT2D eigenvalue weighted by Gasteiger charge is -2.21. The molecule has 0 aliphatic carbocycles. The minimum Gasteiger partial charge on any atom is -0.495 e. The van der Waals surface area contributed by atoms with E-state index in [1.807, 2.05) is 30.3 Å². The number of rotatable bonds is 4. The van der Waals surface area contributed by atoms with Crippen molar-refractivity contribution in [2.45, 2.75) is 12.5 Å². The Balaban J connectivity index is 1.68.